The molecule has 0 amide bonds. The fourth-order valence-corrected chi connectivity index (χ4v) is 8.20. The summed E-state index contributed by atoms with van der Waals surface area (Å²) in [5, 5.41) is 7.56. The average molecular weight is 520 g/mol. The lowest BCUT2D eigenvalue weighted by Gasteiger charge is -2.34. The molecule has 2 aliphatic rings. The fraction of sp³-hybridized carbons (Fsp3) is 0.0270. The van der Waals surface area contributed by atoms with E-state index in [1.165, 1.54) is 87.7 Å². The molecule has 0 unspecified atom stereocenters. The second-order valence-electron chi connectivity index (χ2n) is 11.8. The molecule has 0 N–H and O–H groups in total. The number of aromatic nitrogens is 2. The van der Waals surface area contributed by atoms with Gasteiger partial charge in [-0.3, -0.25) is 0 Å². The summed E-state index contributed by atoms with van der Waals surface area (Å²) in [6.07, 6.45) is 0. The van der Waals surface area contributed by atoms with Crippen molar-refractivity contribution in [3.63, 3.8) is 0 Å². The molecule has 41 heavy (non-hydrogen) atoms. The van der Waals surface area contributed by atoms with Gasteiger partial charge in [0.1, 0.15) is 5.58 Å². The Morgan fingerprint density at radius 3 is 2.29 bits per heavy atom. The molecule has 0 fully saturated rings. The molecule has 4 heteroatoms. The molecular formula is C37H21BN2O. The summed E-state index contributed by atoms with van der Waals surface area (Å²) in [5.74, 6) is 0. The zero-order valence-electron chi connectivity index (χ0n) is 22.3. The van der Waals surface area contributed by atoms with Crippen LogP contribution in [0.25, 0.3) is 82.4 Å². The third-order valence-corrected chi connectivity index (χ3v) is 9.73. The standard InChI is InChI=1S/C37H21BN2O/c1-20-16-17-30-26(18-20)24-12-7-13-29-35(24)39(30)36-33-27(19-28-22-9-3-5-15-32(22)41-37(28)36)25-11-6-10-23-21-8-2-4-14-31(21)40(34(23)25)38(29)33/h2-19H,1H3. The van der Waals surface area contributed by atoms with Crippen LogP contribution in [0.2, 0.25) is 0 Å². The van der Waals surface area contributed by atoms with Gasteiger partial charge in [-0.05, 0) is 53.7 Å². The van der Waals surface area contributed by atoms with Crippen LogP contribution in [-0.2, 0) is 0 Å². The molecule has 0 saturated heterocycles. The van der Waals surface area contributed by atoms with Gasteiger partial charge in [-0.15, -0.1) is 0 Å². The number of fused-ring (bicyclic) bond motifs is 14. The smallest absolute Gasteiger partial charge is 0.333 e. The minimum atomic E-state index is 0.0384. The highest BCUT2D eigenvalue weighted by Crippen LogP contribution is 2.46. The van der Waals surface area contributed by atoms with E-state index < -0.39 is 0 Å². The second-order valence-corrected chi connectivity index (χ2v) is 11.8. The summed E-state index contributed by atoms with van der Waals surface area (Å²) in [4.78, 5) is 0. The number of rotatable bonds is 0. The van der Waals surface area contributed by atoms with E-state index >= 15 is 0 Å². The molecule has 0 atom stereocenters. The second kappa shape index (κ2) is 6.73. The van der Waals surface area contributed by atoms with Crippen LogP contribution in [-0.4, -0.2) is 15.9 Å². The SMILES string of the molecule is Cc1ccc2c(c1)c1cccc3c1n2-c1c2c(cc4c1oc1ccccc14)-c1cccc4c5ccccc5n(c14)B23. The lowest BCUT2D eigenvalue weighted by Crippen LogP contribution is -2.55. The molecular weight excluding hydrogens is 499 g/mol. The maximum atomic E-state index is 6.81. The first-order valence-electron chi connectivity index (χ1n) is 14.3. The topological polar surface area (TPSA) is 23.0 Å². The van der Waals surface area contributed by atoms with Crippen LogP contribution in [0.3, 0.4) is 0 Å². The van der Waals surface area contributed by atoms with Crippen LogP contribution in [0.5, 0.6) is 0 Å². The molecule has 3 aromatic heterocycles. The first-order chi connectivity index (χ1) is 20.3. The monoisotopic (exact) mass is 520 g/mol. The van der Waals surface area contributed by atoms with Crippen molar-refractivity contribution in [3.8, 4) is 16.8 Å². The molecule has 0 saturated carbocycles. The van der Waals surface area contributed by atoms with E-state index in [1.807, 2.05) is 0 Å². The lowest BCUT2D eigenvalue weighted by atomic mass is 9.45. The number of benzene rings is 6. The Bertz CT molecular complexity index is 2670. The van der Waals surface area contributed by atoms with Crippen molar-refractivity contribution in [2.24, 2.45) is 0 Å². The number of furan rings is 1. The van der Waals surface area contributed by atoms with Crippen molar-refractivity contribution in [1.82, 2.24) is 9.05 Å². The summed E-state index contributed by atoms with van der Waals surface area (Å²) in [6, 6.07) is 40.4. The van der Waals surface area contributed by atoms with Crippen molar-refractivity contribution in [3.05, 3.63) is 115 Å². The van der Waals surface area contributed by atoms with E-state index in [0.29, 0.717) is 0 Å². The van der Waals surface area contributed by atoms with Crippen molar-refractivity contribution >= 4 is 83.3 Å². The van der Waals surface area contributed by atoms with Gasteiger partial charge in [-0.1, -0.05) is 84.4 Å². The number of nitrogens with zero attached hydrogens (tertiary/aromatic N) is 2. The predicted molar refractivity (Wildman–Crippen MR) is 172 cm³/mol. The Labute approximate surface area is 234 Å². The summed E-state index contributed by atoms with van der Waals surface area (Å²) in [6.45, 7) is 2.22. The van der Waals surface area contributed by atoms with Gasteiger partial charge >= 0.3 is 6.85 Å². The van der Waals surface area contributed by atoms with Crippen molar-refractivity contribution in [1.29, 1.82) is 0 Å². The Hall–Kier alpha value is -5.22. The average Bonchev–Trinajstić information content (AvgIpc) is 3.66. The Morgan fingerprint density at radius 2 is 1.37 bits per heavy atom. The Morgan fingerprint density at radius 1 is 0.585 bits per heavy atom. The predicted octanol–water partition coefficient (Wildman–Crippen LogP) is 8.05. The molecule has 9 aromatic rings. The molecule has 0 bridgehead atoms. The van der Waals surface area contributed by atoms with Crippen LogP contribution >= 0.6 is 0 Å². The molecule has 11 rings (SSSR count). The number of hydrogen-bond donors (Lipinski definition) is 0. The molecule has 5 heterocycles. The van der Waals surface area contributed by atoms with E-state index in [0.717, 1.165) is 11.2 Å². The minimum Gasteiger partial charge on any atom is -0.454 e. The fourth-order valence-electron chi connectivity index (χ4n) is 8.20. The molecule has 188 valence electrons. The minimum absolute atomic E-state index is 0.0384. The largest absolute Gasteiger partial charge is 0.454 e. The highest BCUT2D eigenvalue weighted by molar-refractivity contribution is 6.90. The Kier molecular flexibility index (Phi) is 3.39. The van der Waals surface area contributed by atoms with E-state index in [2.05, 4.69) is 125 Å². The normalized spacial score (nSPS) is 13.4. The third kappa shape index (κ3) is 2.22. The maximum absolute atomic E-state index is 6.81. The highest BCUT2D eigenvalue weighted by Gasteiger charge is 2.42. The number of hydrogen-bond acceptors (Lipinski definition) is 1. The third-order valence-electron chi connectivity index (χ3n) is 9.73. The summed E-state index contributed by atoms with van der Waals surface area (Å²) in [7, 11) is 0. The summed E-state index contributed by atoms with van der Waals surface area (Å²) in [5.41, 5.74) is 14.7. The summed E-state index contributed by atoms with van der Waals surface area (Å²) >= 11 is 0. The van der Waals surface area contributed by atoms with Gasteiger partial charge in [0.15, 0.2) is 5.58 Å². The number of para-hydroxylation sites is 4. The van der Waals surface area contributed by atoms with Gasteiger partial charge in [-0.25, -0.2) is 0 Å². The number of aryl methyl sites for hydroxylation is 1. The van der Waals surface area contributed by atoms with Gasteiger partial charge in [0, 0.05) is 48.9 Å². The van der Waals surface area contributed by atoms with Crippen molar-refractivity contribution < 1.29 is 4.42 Å². The zero-order chi connectivity index (χ0) is 26.6. The van der Waals surface area contributed by atoms with Crippen molar-refractivity contribution in [2.75, 3.05) is 0 Å². The van der Waals surface area contributed by atoms with E-state index in [1.54, 1.807) is 0 Å². The van der Waals surface area contributed by atoms with Gasteiger partial charge in [0.25, 0.3) is 0 Å². The van der Waals surface area contributed by atoms with Crippen LogP contribution < -0.4 is 10.9 Å². The van der Waals surface area contributed by atoms with Gasteiger partial charge in [0.05, 0.1) is 16.7 Å². The summed E-state index contributed by atoms with van der Waals surface area (Å²) < 4.78 is 11.9. The van der Waals surface area contributed by atoms with Crippen LogP contribution in [0.1, 0.15) is 5.56 Å². The van der Waals surface area contributed by atoms with Crippen LogP contribution in [0.4, 0.5) is 0 Å². The van der Waals surface area contributed by atoms with Gasteiger partial charge in [-0.2, -0.15) is 0 Å². The quantitative estimate of drug-likeness (QED) is 0.186. The van der Waals surface area contributed by atoms with Crippen LogP contribution in [0.15, 0.2) is 114 Å². The first-order valence-corrected chi connectivity index (χ1v) is 14.3. The maximum Gasteiger partial charge on any atom is 0.333 e. The van der Waals surface area contributed by atoms with Crippen LogP contribution in [0, 0.1) is 6.92 Å². The molecule has 0 spiro atoms. The molecule has 0 aliphatic carbocycles. The van der Waals surface area contributed by atoms with Gasteiger partial charge < -0.3 is 13.5 Å². The Balaban J connectivity index is 1.48. The van der Waals surface area contributed by atoms with E-state index in [4.69, 9.17) is 4.42 Å². The molecule has 3 nitrogen and oxygen atoms in total. The molecule has 0 radical (unpaired) electrons. The van der Waals surface area contributed by atoms with Crippen molar-refractivity contribution in [2.45, 2.75) is 6.92 Å². The molecule has 6 aromatic carbocycles. The van der Waals surface area contributed by atoms with E-state index in [9.17, 15) is 0 Å². The van der Waals surface area contributed by atoms with E-state index in [-0.39, 0.29) is 6.85 Å². The van der Waals surface area contributed by atoms with Gasteiger partial charge in [0.2, 0.25) is 0 Å². The first kappa shape index (κ1) is 20.7. The lowest BCUT2D eigenvalue weighted by molar-refractivity contribution is 0.667. The molecule has 2 aliphatic heterocycles. The zero-order valence-corrected chi connectivity index (χ0v) is 22.3. The highest BCUT2D eigenvalue weighted by atomic mass is 16.3.